The molecule has 81 heavy (non-hydrogen) atoms. The van der Waals surface area contributed by atoms with E-state index in [1.807, 2.05) is 0 Å². The number of hydrogen-bond donors (Lipinski definition) is 1. The second kappa shape index (κ2) is 31.3. The van der Waals surface area contributed by atoms with Crippen molar-refractivity contribution in [2.24, 2.45) is 0 Å². The molecule has 0 radical (unpaired) electrons. The van der Waals surface area contributed by atoms with Gasteiger partial charge in [0, 0.05) is 93.5 Å². The number of nitrogens with zero attached hydrogens (tertiary/aromatic N) is 6. The van der Waals surface area contributed by atoms with Gasteiger partial charge in [0.2, 0.25) is 17.5 Å². The molecule has 1 unspecified atom stereocenters. The zero-order valence-corrected chi connectivity index (χ0v) is 47.4. The summed E-state index contributed by atoms with van der Waals surface area (Å²) < 4.78 is 215. The number of sulfone groups is 3. The second-order valence-corrected chi connectivity index (χ2v) is 25.1. The van der Waals surface area contributed by atoms with Gasteiger partial charge in [-0.05, 0) is 12.1 Å². The third-order valence-electron chi connectivity index (χ3n) is 9.23. The van der Waals surface area contributed by atoms with Gasteiger partial charge in [-0.1, -0.05) is 20.8 Å². The van der Waals surface area contributed by atoms with Gasteiger partial charge in [-0.2, -0.15) is 16.9 Å². The zero-order valence-electron chi connectivity index (χ0n) is 41.8. The minimum Gasteiger partial charge on any atom is -0.749 e. The smallest absolute Gasteiger partial charge is 0.306 e. The fourth-order valence-electron chi connectivity index (χ4n) is 5.30. The Kier molecular flexibility index (Phi) is 28.6. The minimum atomic E-state index is -4.48. The number of nitrogens with two attached hydrogens (primary N) is 1. The Bertz CT molecular complexity index is 3650. The van der Waals surface area contributed by atoms with Crippen molar-refractivity contribution in [1.82, 2.24) is 0 Å². The lowest BCUT2D eigenvalue weighted by Gasteiger charge is -2.16. The summed E-state index contributed by atoms with van der Waals surface area (Å²) in [6.07, 6.45) is 0. The third-order valence-corrected chi connectivity index (χ3v) is 16.2. The Morgan fingerprint density at radius 3 is 1.10 bits per heavy atom. The van der Waals surface area contributed by atoms with Crippen molar-refractivity contribution in [3.8, 4) is 0 Å². The summed E-state index contributed by atoms with van der Waals surface area (Å²) in [6, 6.07) is 6.93. The largest absolute Gasteiger partial charge is 0.749 e. The number of anilines is 3. The van der Waals surface area contributed by atoms with Crippen LogP contribution >= 0.6 is 22.5 Å². The molecule has 0 spiro atoms. The SMILES string of the molecule is CCS(=O)(=O)c1cc(N)c(N(C)C)cc1F.CCS(=O)(=O)c1cc([N+](=O)[O-])c(F)cc1F.CCS(=O)(=O)c1cc([N+](=O)[O-])c(N(C)C)cc1F.O=S([O-])OCl.O=[N+]([O-])c1cc(S(=O)(=O)Cl)c(F)cc1F.O=[N+]([O-])c1ccc(F)cc1F. The molecule has 0 aliphatic carbocycles. The summed E-state index contributed by atoms with van der Waals surface area (Å²) in [5.41, 5.74) is 3.03. The van der Waals surface area contributed by atoms with Crippen LogP contribution in [0.3, 0.4) is 0 Å². The van der Waals surface area contributed by atoms with E-state index in [0.717, 1.165) is 30.3 Å². The van der Waals surface area contributed by atoms with Crippen LogP contribution in [0.15, 0.2) is 86.3 Å². The molecular weight excluding hydrogens is 1270 g/mol. The van der Waals surface area contributed by atoms with Crippen molar-refractivity contribution in [3.05, 3.63) is 154 Å². The summed E-state index contributed by atoms with van der Waals surface area (Å²) in [7, 11) is -4.61. The highest BCUT2D eigenvalue weighted by atomic mass is 35.7. The van der Waals surface area contributed by atoms with E-state index in [0.29, 0.717) is 17.8 Å². The van der Waals surface area contributed by atoms with E-state index in [1.54, 1.807) is 19.0 Å². The van der Waals surface area contributed by atoms with Crippen molar-refractivity contribution in [3.63, 3.8) is 0 Å². The van der Waals surface area contributed by atoms with E-state index in [4.69, 9.17) is 25.2 Å². The van der Waals surface area contributed by atoms with E-state index in [1.165, 1.54) is 45.8 Å². The van der Waals surface area contributed by atoms with Crippen molar-refractivity contribution in [2.45, 2.75) is 40.4 Å². The Morgan fingerprint density at radius 1 is 0.494 bits per heavy atom. The number of nitro groups is 4. The Labute approximate surface area is 466 Å². The first-order valence-electron chi connectivity index (χ1n) is 20.7. The van der Waals surface area contributed by atoms with Crippen LogP contribution in [0.5, 0.6) is 0 Å². The van der Waals surface area contributed by atoms with Gasteiger partial charge in [-0.3, -0.25) is 40.5 Å². The van der Waals surface area contributed by atoms with Gasteiger partial charge in [0.1, 0.15) is 65.7 Å². The quantitative estimate of drug-likeness (QED) is 0.0208. The van der Waals surface area contributed by atoms with E-state index in [9.17, 15) is 109 Å². The van der Waals surface area contributed by atoms with E-state index < -0.39 is 159 Å². The lowest BCUT2D eigenvalue weighted by molar-refractivity contribution is -0.387. The Balaban J connectivity index is 0.000000972. The normalized spacial score (nSPS) is 11.4. The molecular formula is C40H40Cl2F8N7O19S5-. The molecule has 5 rings (SSSR count). The number of nitrogen functional groups attached to an aromatic ring is 1. The van der Waals surface area contributed by atoms with Crippen LogP contribution in [-0.4, -0.2) is 108 Å². The predicted molar refractivity (Wildman–Crippen MR) is 274 cm³/mol. The second-order valence-electron chi connectivity index (χ2n) is 14.9. The van der Waals surface area contributed by atoms with Gasteiger partial charge >= 0.3 is 17.1 Å². The van der Waals surface area contributed by atoms with Gasteiger partial charge in [0.05, 0.1) is 60.2 Å². The molecule has 0 aliphatic rings. The molecule has 0 bridgehead atoms. The third kappa shape index (κ3) is 22.1. The molecule has 0 fully saturated rings. The molecule has 0 saturated heterocycles. The molecule has 0 heterocycles. The number of nitro benzene ring substituents is 4. The number of hydrogen-bond acceptors (Lipinski definition) is 22. The lowest BCUT2D eigenvalue weighted by Crippen LogP contribution is -2.14. The van der Waals surface area contributed by atoms with Gasteiger partial charge in [0.15, 0.2) is 29.5 Å². The summed E-state index contributed by atoms with van der Waals surface area (Å²) >= 11 is 1.67. The van der Waals surface area contributed by atoms with Crippen LogP contribution in [0.25, 0.3) is 0 Å². The first kappa shape index (κ1) is 74.0. The van der Waals surface area contributed by atoms with Gasteiger partial charge in [-0.25, -0.2) is 59.8 Å². The first-order chi connectivity index (χ1) is 36.9. The molecule has 26 nitrogen and oxygen atoms in total. The lowest BCUT2D eigenvalue weighted by atomic mass is 10.2. The molecule has 0 amide bonds. The van der Waals surface area contributed by atoms with Crippen molar-refractivity contribution >= 4 is 112 Å². The van der Waals surface area contributed by atoms with Crippen molar-refractivity contribution < 1.29 is 101 Å². The standard InChI is InChI=1S/C10H13FN2O4S.C10H15FN2O2S.C8H7F2NO4S.C6H2ClF2NO4S.C6H3F2NO2.ClHO3S/c1-4-18(16,17)10-6-9(13(14)15)8(12(2)3)5-7(10)11;1-4-16(14,15)10-6-8(12)9(13(2)3)5-7(10)11;1-2-16(14,15)8-4-7(11(12)13)5(9)3-6(8)10;7-15(13,14)6-2-5(10(11)12)3(8)1-4(6)9;7-4-1-2-6(9(10)11)5(8)3-4;1-4-5(2)3/h5-6H,4H2,1-3H3;5-6H,4,12H2,1-3H3;3-4H,2H2,1H3;1-2H;1-3H;(H,2,3)/p-1. The molecule has 2 N–H and O–H groups in total. The fourth-order valence-corrected chi connectivity index (χ4v) is 9.09. The molecule has 0 aromatic heterocycles. The fraction of sp³-hybridized carbons (Fsp3) is 0.250. The van der Waals surface area contributed by atoms with Crippen molar-refractivity contribution in [1.29, 1.82) is 0 Å². The maximum Gasteiger partial charge on any atom is 0.306 e. The van der Waals surface area contributed by atoms with Gasteiger partial charge in [0.25, 0.3) is 14.7 Å². The van der Waals surface area contributed by atoms with Crippen LogP contribution in [0.1, 0.15) is 20.8 Å². The number of benzene rings is 5. The maximum atomic E-state index is 13.7. The Hall–Kier alpha value is -7.01. The first-order valence-corrected chi connectivity index (χ1v) is 29.3. The molecule has 450 valence electrons. The average molecular weight is 1310 g/mol. The van der Waals surface area contributed by atoms with E-state index in [2.05, 4.69) is 15.6 Å². The molecule has 5 aromatic rings. The monoisotopic (exact) mass is 1300 g/mol. The summed E-state index contributed by atoms with van der Waals surface area (Å²) in [5.74, 6) is -10.3. The van der Waals surface area contributed by atoms with E-state index in [-0.39, 0.29) is 46.0 Å². The van der Waals surface area contributed by atoms with Crippen LogP contribution in [-0.2, 0) is 53.7 Å². The van der Waals surface area contributed by atoms with Crippen LogP contribution in [0, 0.1) is 87.0 Å². The Morgan fingerprint density at radius 2 is 0.790 bits per heavy atom. The molecule has 1 atom stereocenters. The van der Waals surface area contributed by atoms with Gasteiger partial charge in [-0.15, -0.1) is 0 Å². The number of halogens is 10. The minimum absolute atomic E-state index is 0.0209. The molecule has 0 aliphatic heterocycles. The molecule has 5 aromatic carbocycles. The predicted octanol–water partition coefficient (Wildman–Crippen LogP) is 8.15. The highest BCUT2D eigenvalue weighted by molar-refractivity contribution is 8.13. The number of rotatable bonds is 14. The summed E-state index contributed by atoms with van der Waals surface area (Å²) in [5, 5.41) is 41.4. The van der Waals surface area contributed by atoms with Crippen LogP contribution in [0.2, 0.25) is 0 Å². The zero-order chi connectivity index (χ0) is 63.6. The van der Waals surface area contributed by atoms with Crippen LogP contribution < -0.4 is 15.5 Å². The van der Waals surface area contributed by atoms with E-state index >= 15 is 0 Å². The molecule has 41 heteroatoms. The molecule has 0 saturated carbocycles. The highest BCUT2D eigenvalue weighted by Gasteiger charge is 2.28. The maximum absolute atomic E-state index is 13.7. The van der Waals surface area contributed by atoms with Crippen molar-refractivity contribution in [2.75, 3.05) is 61.0 Å². The average Bonchev–Trinajstić information content (AvgIpc) is 3.34. The topological polar surface area (TPSA) is 391 Å². The summed E-state index contributed by atoms with van der Waals surface area (Å²) in [6.45, 7) is 4.06. The summed E-state index contributed by atoms with van der Waals surface area (Å²) in [4.78, 5) is 37.5. The van der Waals surface area contributed by atoms with Crippen LogP contribution in [0.4, 0.5) is 74.9 Å². The van der Waals surface area contributed by atoms with Gasteiger partial charge < -0.3 is 20.1 Å². The highest BCUT2D eigenvalue weighted by Crippen LogP contribution is 2.33.